The molecule has 1 atom stereocenters. The number of aromatic nitrogens is 1. The lowest BCUT2D eigenvalue weighted by Crippen LogP contribution is -2.96. The third-order valence-electron chi connectivity index (χ3n) is 5.74. The Morgan fingerprint density at radius 1 is 1.12 bits per heavy atom. The second kappa shape index (κ2) is 5.53. The monoisotopic (exact) mass is 335 g/mol. The molecule has 3 aromatic rings. The van der Waals surface area contributed by atoms with Gasteiger partial charge in [-0.05, 0) is 42.7 Å². The molecule has 25 heavy (non-hydrogen) atoms. The van der Waals surface area contributed by atoms with Crippen molar-refractivity contribution in [3.63, 3.8) is 0 Å². The summed E-state index contributed by atoms with van der Waals surface area (Å²) in [5.74, 6) is 1.73. The fourth-order valence-electron chi connectivity index (χ4n) is 4.31. The number of nitrogens with two attached hydrogens (primary N) is 1. The van der Waals surface area contributed by atoms with Crippen molar-refractivity contribution in [3.05, 3.63) is 59.3 Å². The highest BCUT2D eigenvalue weighted by atomic mass is 16.7. The first kappa shape index (κ1) is 14.8. The van der Waals surface area contributed by atoms with Crippen LogP contribution in [0, 0.1) is 0 Å². The van der Waals surface area contributed by atoms with Gasteiger partial charge in [0.1, 0.15) is 5.54 Å². The molecule has 0 unspecified atom stereocenters. The molecule has 3 heterocycles. The van der Waals surface area contributed by atoms with E-state index in [0.717, 1.165) is 37.3 Å². The number of benzene rings is 2. The highest BCUT2D eigenvalue weighted by Crippen LogP contribution is 2.35. The van der Waals surface area contributed by atoms with Gasteiger partial charge in [-0.25, -0.2) is 0 Å². The van der Waals surface area contributed by atoms with Gasteiger partial charge in [-0.15, -0.1) is 0 Å². The van der Waals surface area contributed by atoms with Crippen LogP contribution < -0.4 is 14.8 Å². The third-order valence-corrected chi connectivity index (χ3v) is 5.74. The smallest absolute Gasteiger partial charge is 0.231 e. The van der Waals surface area contributed by atoms with Gasteiger partial charge in [0.2, 0.25) is 6.79 Å². The number of nitrogens with one attached hydrogen (secondary N) is 1. The molecule has 3 N–H and O–H groups in total. The van der Waals surface area contributed by atoms with E-state index >= 15 is 0 Å². The Balaban J connectivity index is 1.44. The Bertz CT molecular complexity index is 946. The number of hydrogen-bond donors (Lipinski definition) is 2. The van der Waals surface area contributed by atoms with Gasteiger partial charge in [-0.1, -0.05) is 24.3 Å². The van der Waals surface area contributed by atoms with Crippen LogP contribution in [0.2, 0.25) is 0 Å². The number of quaternary nitrogens is 1. The average molecular weight is 335 g/mol. The SMILES string of the molecule is C[C@@]1(CCc2ccc3c(c2)OCO3)[NH2+]CCc2c1[nH]c1ccccc21. The molecule has 0 amide bonds. The maximum Gasteiger partial charge on any atom is 0.231 e. The Kier molecular flexibility index (Phi) is 3.28. The quantitative estimate of drug-likeness (QED) is 0.773. The molecule has 0 fully saturated rings. The van der Waals surface area contributed by atoms with Crippen LogP contribution in [-0.4, -0.2) is 18.3 Å². The molecule has 0 aliphatic carbocycles. The van der Waals surface area contributed by atoms with Crippen molar-refractivity contribution in [2.24, 2.45) is 0 Å². The maximum atomic E-state index is 5.52. The topological polar surface area (TPSA) is 50.9 Å². The number of hydrogen-bond acceptors (Lipinski definition) is 2. The van der Waals surface area contributed by atoms with Gasteiger partial charge >= 0.3 is 0 Å². The van der Waals surface area contributed by atoms with Crippen LogP contribution in [0.3, 0.4) is 0 Å². The van der Waals surface area contributed by atoms with E-state index in [4.69, 9.17) is 9.47 Å². The number of ether oxygens (including phenoxy) is 2. The zero-order valence-electron chi connectivity index (χ0n) is 14.5. The molecular weight excluding hydrogens is 312 g/mol. The van der Waals surface area contributed by atoms with Crippen molar-refractivity contribution in [1.29, 1.82) is 0 Å². The largest absolute Gasteiger partial charge is 0.454 e. The first-order valence-corrected chi connectivity index (χ1v) is 9.06. The molecule has 2 aliphatic heterocycles. The second-order valence-electron chi connectivity index (χ2n) is 7.37. The van der Waals surface area contributed by atoms with Gasteiger partial charge in [0.05, 0.1) is 12.2 Å². The minimum absolute atomic E-state index is 0.0863. The lowest BCUT2D eigenvalue weighted by atomic mass is 9.84. The highest BCUT2D eigenvalue weighted by molar-refractivity contribution is 5.85. The standard InChI is InChI=1S/C21H22N2O2/c1-21(10-8-14-6-7-18-19(12-14)25-13-24-18)20-16(9-11-22-21)15-4-2-3-5-17(15)23-20/h2-7,12,22-23H,8-11,13H2,1H3/p+1/t21-/m0/s1. The van der Waals surface area contributed by atoms with E-state index in [-0.39, 0.29) is 5.54 Å². The number of H-pyrrole nitrogens is 1. The molecule has 0 spiro atoms. The molecule has 0 saturated heterocycles. The zero-order chi connectivity index (χ0) is 16.9. The molecule has 1 aromatic heterocycles. The van der Waals surface area contributed by atoms with Crippen LogP contribution in [0.5, 0.6) is 11.5 Å². The molecule has 2 aliphatic rings. The predicted molar refractivity (Wildman–Crippen MR) is 97.0 cm³/mol. The first-order valence-electron chi connectivity index (χ1n) is 9.06. The van der Waals surface area contributed by atoms with Gasteiger partial charge in [0.25, 0.3) is 0 Å². The molecule has 2 aromatic carbocycles. The molecule has 0 radical (unpaired) electrons. The van der Waals surface area contributed by atoms with Crippen molar-refractivity contribution in [2.75, 3.05) is 13.3 Å². The molecule has 128 valence electrons. The minimum atomic E-state index is 0.0863. The van der Waals surface area contributed by atoms with Crippen LogP contribution in [0.25, 0.3) is 10.9 Å². The number of para-hydroxylation sites is 1. The lowest BCUT2D eigenvalue weighted by Gasteiger charge is -2.32. The second-order valence-corrected chi connectivity index (χ2v) is 7.37. The summed E-state index contributed by atoms with van der Waals surface area (Å²) in [6.45, 7) is 3.85. The van der Waals surface area contributed by atoms with Crippen LogP contribution in [0.1, 0.15) is 30.2 Å². The average Bonchev–Trinajstić information content (AvgIpc) is 3.25. The summed E-state index contributed by atoms with van der Waals surface area (Å²) < 4.78 is 10.9. The van der Waals surface area contributed by atoms with Crippen molar-refractivity contribution >= 4 is 10.9 Å². The maximum absolute atomic E-state index is 5.52. The van der Waals surface area contributed by atoms with Crippen LogP contribution in [0.4, 0.5) is 0 Å². The van der Waals surface area contributed by atoms with Crippen LogP contribution in [0.15, 0.2) is 42.5 Å². The van der Waals surface area contributed by atoms with E-state index in [0.29, 0.717) is 6.79 Å². The van der Waals surface area contributed by atoms with Gasteiger partial charge in [-0.2, -0.15) is 0 Å². The number of aryl methyl sites for hydroxylation is 1. The zero-order valence-corrected chi connectivity index (χ0v) is 14.5. The van der Waals surface area contributed by atoms with Crippen LogP contribution in [-0.2, 0) is 18.4 Å². The van der Waals surface area contributed by atoms with E-state index in [1.807, 2.05) is 6.07 Å². The predicted octanol–water partition coefficient (Wildman–Crippen LogP) is 2.86. The van der Waals surface area contributed by atoms with E-state index in [1.54, 1.807) is 0 Å². The van der Waals surface area contributed by atoms with E-state index in [2.05, 4.69) is 53.6 Å². The summed E-state index contributed by atoms with van der Waals surface area (Å²) in [4.78, 5) is 3.71. The van der Waals surface area contributed by atoms with Crippen molar-refractivity contribution in [1.82, 2.24) is 4.98 Å². The van der Waals surface area contributed by atoms with Gasteiger partial charge in [0.15, 0.2) is 11.5 Å². The summed E-state index contributed by atoms with van der Waals surface area (Å²) in [6, 6.07) is 15.0. The van der Waals surface area contributed by atoms with Crippen molar-refractivity contribution in [2.45, 2.75) is 31.7 Å². The molecule has 4 nitrogen and oxygen atoms in total. The van der Waals surface area contributed by atoms with Crippen molar-refractivity contribution < 1.29 is 14.8 Å². The van der Waals surface area contributed by atoms with Gasteiger partial charge in [0, 0.05) is 23.7 Å². The van der Waals surface area contributed by atoms with Gasteiger partial charge < -0.3 is 19.8 Å². The summed E-state index contributed by atoms with van der Waals surface area (Å²) in [5, 5.41) is 3.89. The third kappa shape index (κ3) is 2.40. The minimum Gasteiger partial charge on any atom is -0.454 e. The Hall–Kier alpha value is -2.46. The summed E-state index contributed by atoms with van der Waals surface area (Å²) in [7, 11) is 0. The molecule has 4 heteroatoms. The Morgan fingerprint density at radius 2 is 2.00 bits per heavy atom. The van der Waals surface area contributed by atoms with E-state index in [9.17, 15) is 0 Å². The van der Waals surface area contributed by atoms with E-state index in [1.165, 1.54) is 27.7 Å². The number of aromatic amines is 1. The summed E-state index contributed by atoms with van der Waals surface area (Å²) >= 11 is 0. The molecule has 5 rings (SSSR count). The van der Waals surface area contributed by atoms with E-state index < -0.39 is 0 Å². The number of fused-ring (bicyclic) bond motifs is 4. The van der Waals surface area contributed by atoms with Crippen LogP contribution >= 0.6 is 0 Å². The normalized spacial score (nSPS) is 21.5. The van der Waals surface area contributed by atoms with Gasteiger partial charge in [-0.3, -0.25) is 0 Å². The Labute approximate surface area is 147 Å². The molecule has 0 bridgehead atoms. The fourth-order valence-corrected chi connectivity index (χ4v) is 4.31. The van der Waals surface area contributed by atoms with Crippen molar-refractivity contribution in [3.8, 4) is 11.5 Å². The highest BCUT2D eigenvalue weighted by Gasteiger charge is 2.37. The summed E-state index contributed by atoms with van der Waals surface area (Å²) in [5.41, 5.74) is 5.56. The first-order chi connectivity index (χ1) is 12.2. The fraction of sp³-hybridized carbons (Fsp3) is 0.333. The molecular formula is C21H23N2O2+. The number of rotatable bonds is 3. The summed E-state index contributed by atoms with van der Waals surface area (Å²) in [6.07, 6.45) is 3.25. The molecule has 0 saturated carbocycles. The lowest BCUT2D eigenvalue weighted by molar-refractivity contribution is -0.737. The Morgan fingerprint density at radius 3 is 2.96 bits per heavy atom.